The highest BCUT2D eigenvalue weighted by molar-refractivity contribution is 8.03. The molecule has 0 saturated carbocycles. The Labute approximate surface area is 226 Å². The van der Waals surface area contributed by atoms with E-state index < -0.39 is 48.0 Å². The molecule has 0 fully saturated rings. The van der Waals surface area contributed by atoms with Crippen molar-refractivity contribution in [2.75, 3.05) is 20.4 Å². The molecule has 0 aromatic heterocycles. The molecule has 2 aromatic rings. The number of halogens is 7. The van der Waals surface area contributed by atoms with Gasteiger partial charge in [-0.05, 0) is 63.6 Å². The van der Waals surface area contributed by atoms with Crippen molar-refractivity contribution in [3.8, 4) is 0 Å². The lowest BCUT2D eigenvalue weighted by molar-refractivity contribution is -0.138. The van der Waals surface area contributed by atoms with Gasteiger partial charge in [0.05, 0.1) is 27.0 Å². The molecule has 0 aliphatic heterocycles. The molecular weight excluding hydrogens is 575 g/mol. The molecule has 2 rings (SSSR count). The van der Waals surface area contributed by atoms with E-state index in [1.54, 1.807) is 20.8 Å². The summed E-state index contributed by atoms with van der Waals surface area (Å²) in [5.41, 5.74) is 0.0191. The molecule has 0 amide bonds. The van der Waals surface area contributed by atoms with Crippen LogP contribution in [0.15, 0.2) is 29.8 Å². The van der Waals surface area contributed by atoms with Gasteiger partial charge in [0.2, 0.25) is 0 Å². The summed E-state index contributed by atoms with van der Waals surface area (Å²) in [5, 5.41) is 0.724. The maximum atomic E-state index is 12.9. The first-order chi connectivity index (χ1) is 18.7. The van der Waals surface area contributed by atoms with E-state index in [-0.39, 0.29) is 35.6 Å². The lowest BCUT2D eigenvalue weighted by Crippen LogP contribution is -2.11. The lowest BCUT2D eigenvalue weighted by Gasteiger charge is -2.02. The Bertz CT molecular complexity index is 1150. The predicted octanol–water partition coefficient (Wildman–Crippen LogP) is 7.05. The summed E-state index contributed by atoms with van der Waals surface area (Å²) < 4.78 is 100. The molecule has 0 heterocycles. The van der Waals surface area contributed by atoms with Gasteiger partial charge in [-0.1, -0.05) is 16.8 Å². The van der Waals surface area contributed by atoms with Gasteiger partial charge in [-0.3, -0.25) is 9.18 Å². The first-order valence-electron chi connectivity index (χ1n) is 11.3. The highest BCUT2D eigenvalue weighted by Crippen LogP contribution is 2.16. The second-order valence-electron chi connectivity index (χ2n) is 6.70. The van der Waals surface area contributed by atoms with Gasteiger partial charge in [-0.2, -0.15) is 0 Å². The zero-order chi connectivity index (χ0) is 31.4. The molecule has 5 nitrogen and oxygen atoms in total. The molecule has 39 heavy (non-hydrogen) atoms. The molecule has 14 heteroatoms. The van der Waals surface area contributed by atoms with Gasteiger partial charge >= 0.3 is 11.9 Å². The van der Waals surface area contributed by atoms with E-state index >= 15 is 0 Å². The van der Waals surface area contributed by atoms with Crippen molar-refractivity contribution in [1.29, 1.82) is 0 Å². The summed E-state index contributed by atoms with van der Waals surface area (Å²) in [6, 6.07) is 2.87. The number of alkyl halides is 1. The van der Waals surface area contributed by atoms with E-state index in [0.717, 1.165) is 25.3 Å². The fourth-order valence-electron chi connectivity index (χ4n) is 2.14. The Morgan fingerprint density at radius 3 is 1.54 bits per heavy atom. The highest BCUT2D eigenvalue weighted by atomic mass is 32.0. The van der Waals surface area contributed by atoms with Crippen molar-refractivity contribution < 1.29 is 56.0 Å². The van der Waals surface area contributed by atoms with Crippen molar-refractivity contribution in [2.24, 2.45) is 0 Å². The SMILES string of the molecule is CCOC(=O)/C(C)=C/c1cc(F)c(F)c(F)c1.CCOC(=O)C(C)=PP.O=Cc1cc(F)c(F)c(F)c1.[2H]CF. The molecule has 0 saturated heterocycles. The Balaban J connectivity index is 0. The summed E-state index contributed by atoms with van der Waals surface area (Å²) in [7, 11) is 2.35. The second-order valence-corrected chi connectivity index (χ2v) is 8.40. The van der Waals surface area contributed by atoms with Crippen LogP contribution in [0.2, 0.25) is 0 Å². The van der Waals surface area contributed by atoms with E-state index in [1.807, 2.05) is 0 Å². The van der Waals surface area contributed by atoms with Gasteiger partial charge in [0.1, 0.15) is 6.29 Å². The van der Waals surface area contributed by atoms with Crippen molar-refractivity contribution in [2.45, 2.75) is 27.7 Å². The van der Waals surface area contributed by atoms with E-state index in [9.17, 15) is 45.1 Å². The van der Waals surface area contributed by atoms with Crippen LogP contribution in [0, 0.1) is 34.9 Å². The van der Waals surface area contributed by atoms with Crippen LogP contribution in [0.5, 0.6) is 0 Å². The van der Waals surface area contributed by atoms with Crippen LogP contribution in [0.1, 0.15) is 45.0 Å². The molecular formula is C25H27F7O5P2. The summed E-state index contributed by atoms with van der Waals surface area (Å²) >= 11 is 0. The van der Waals surface area contributed by atoms with Gasteiger partial charge in [-0.25, -0.2) is 35.9 Å². The Hall–Kier alpha value is -3.10. The number of hydrogen-bond acceptors (Lipinski definition) is 5. The summed E-state index contributed by atoms with van der Waals surface area (Å²) in [6.45, 7) is 7.30. The summed E-state index contributed by atoms with van der Waals surface area (Å²) in [5.74, 6) is -9.18. The molecule has 0 aliphatic rings. The molecule has 0 spiro atoms. The number of carbonyl (C=O) groups excluding carboxylic acids is 3. The Morgan fingerprint density at radius 2 is 1.21 bits per heavy atom. The fourth-order valence-corrected chi connectivity index (χ4v) is 2.63. The molecule has 2 aromatic carbocycles. The Kier molecular flexibility index (Phi) is 19.2. The monoisotopic (exact) mass is 603 g/mol. The largest absolute Gasteiger partial charge is 0.463 e. The number of rotatable bonds is 6. The van der Waals surface area contributed by atoms with E-state index in [1.165, 1.54) is 13.0 Å². The number of ether oxygens (including phenoxy) is 2. The second kappa shape index (κ2) is 20.8. The average Bonchev–Trinajstić information content (AvgIpc) is 2.91. The number of carbonyl (C=O) groups is 3. The normalized spacial score (nSPS) is 10.8. The third-order valence-corrected chi connectivity index (χ3v) is 5.63. The van der Waals surface area contributed by atoms with Crippen molar-refractivity contribution in [3.63, 3.8) is 0 Å². The maximum absolute atomic E-state index is 12.9. The van der Waals surface area contributed by atoms with Crippen LogP contribution < -0.4 is 0 Å². The van der Waals surface area contributed by atoms with Gasteiger partial charge < -0.3 is 9.47 Å². The zero-order valence-corrected chi connectivity index (χ0v) is 23.3. The summed E-state index contributed by atoms with van der Waals surface area (Å²) in [4.78, 5) is 31.9. The van der Waals surface area contributed by atoms with Crippen molar-refractivity contribution >= 4 is 46.4 Å². The topological polar surface area (TPSA) is 69.7 Å². The third kappa shape index (κ3) is 14.6. The Morgan fingerprint density at radius 1 is 0.846 bits per heavy atom. The lowest BCUT2D eigenvalue weighted by atomic mass is 10.1. The molecule has 216 valence electrons. The maximum Gasteiger partial charge on any atom is 0.338 e. The van der Waals surface area contributed by atoms with Gasteiger partial charge in [-0.15, -0.1) is 0 Å². The molecule has 1 unspecified atom stereocenters. The minimum atomic E-state index is -1.56. The standard InChI is InChI=1S/C12H11F3O2.C7H3F3O.C5H10O2P2.CH3F/c1-3-17-12(16)7(2)4-8-5-9(13)11(15)10(14)6-8;8-5-1-4(3-11)2-6(9)7(5)10;1-3-7-5(6)4(2)9-8;1-2/h4-6H,3H2,1-2H3;1-3H;3,8H2,1-2H3;1H3/b7-4+;;;/i;;;1D. The first-order valence-corrected chi connectivity index (χ1v) is 13.1. The predicted molar refractivity (Wildman–Crippen MR) is 139 cm³/mol. The van der Waals surface area contributed by atoms with E-state index in [4.69, 9.17) is 10.8 Å². The van der Waals surface area contributed by atoms with Crippen LogP contribution in [0.4, 0.5) is 30.7 Å². The fraction of sp³-hybridized carbons (Fsp3) is 0.280. The number of esters is 2. The smallest absolute Gasteiger partial charge is 0.338 e. The molecule has 1 atom stereocenters. The van der Waals surface area contributed by atoms with E-state index in [2.05, 4.69) is 8.93 Å². The third-order valence-electron chi connectivity index (χ3n) is 3.89. The van der Waals surface area contributed by atoms with Gasteiger partial charge in [0.15, 0.2) is 34.9 Å². The van der Waals surface area contributed by atoms with Crippen molar-refractivity contribution in [3.05, 3.63) is 75.9 Å². The molecule has 0 radical (unpaired) electrons. The van der Waals surface area contributed by atoms with Gasteiger partial charge in [0.25, 0.3) is 0 Å². The molecule has 0 N–H and O–H groups in total. The summed E-state index contributed by atoms with van der Waals surface area (Å²) in [6.07, 6.45) is 1.47. The van der Waals surface area contributed by atoms with Crippen LogP contribution in [0.25, 0.3) is 6.08 Å². The van der Waals surface area contributed by atoms with Crippen LogP contribution in [-0.2, 0) is 19.1 Å². The first kappa shape index (κ1) is 35.9. The number of aldehydes is 1. The number of benzene rings is 2. The van der Waals surface area contributed by atoms with E-state index in [0.29, 0.717) is 18.7 Å². The molecule has 0 aliphatic carbocycles. The van der Waals surface area contributed by atoms with Gasteiger partial charge in [0, 0.05) is 11.1 Å². The van der Waals surface area contributed by atoms with Crippen molar-refractivity contribution in [1.82, 2.24) is 0 Å². The average molecular weight is 603 g/mol. The highest BCUT2D eigenvalue weighted by Gasteiger charge is 2.11. The van der Waals surface area contributed by atoms with Crippen LogP contribution in [-0.4, -0.2) is 43.9 Å². The minimum absolute atomic E-state index is 0.0620. The number of hydrogen-bond donors (Lipinski definition) is 0. The molecule has 0 bridgehead atoms. The van der Waals surface area contributed by atoms with Crippen LogP contribution >= 0.6 is 16.8 Å². The minimum Gasteiger partial charge on any atom is -0.463 e. The quantitative estimate of drug-likeness (QED) is 0.0884. The van der Waals surface area contributed by atoms with Crippen LogP contribution in [0.3, 0.4) is 0 Å². The zero-order valence-electron chi connectivity index (χ0n) is 22.3.